The zero-order valence-corrected chi connectivity index (χ0v) is 10.4. The molecule has 0 unspecified atom stereocenters. The monoisotopic (exact) mass is 282 g/mol. The Balaban J connectivity index is 2.33. The van der Waals surface area contributed by atoms with Crippen LogP contribution in [-0.4, -0.2) is 36.9 Å². The van der Waals surface area contributed by atoms with Crippen molar-refractivity contribution in [3.05, 3.63) is 33.8 Å². The van der Waals surface area contributed by atoms with Crippen molar-refractivity contribution in [3.63, 3.8) is 0 Å². The minimum absolute atomic E-state index is 0.206. The van der Waals surface area contributed by atoms with E-state index in [-0.39, 0.29) is 11.8 Å². The average molecular weight is 283 g/mol. The van der Waals surface area contributed by atoms with Gasteiger partial charge >= 0.3 is 0 Å². The van der Waals surface area contributed by atoms with Gasteiger partial charge in [-0.2, -0.15) is 0 Å². The molecule has 1 aromatic carbocycles. The lowest BCUT2D eigenvalue weighted by Gasteiger charge is -2.12. The van der Waals surface area contributed by atoms with E-state index in [9.17, 15) is 9.59 Å². The van der Waals surface area contributed by atoms with Gasteiger partial charge < -0.3 is 5.32 Å². The highest BCUT2D eigenvalue weighted by Gasteiger charge is 2.34. The van der Waals surface area contributed by atoms with Crippen molar-refractivity contribution in [3.8, 4) is 0 Å². The molecule has 1 aromatic rings. The van der Waals surface area contributed by atoms with Crippen molar-refractivity contribution in [1.29, 1.82) is 0 Å². The summed E-state index contributed by atoms with van der Waals surface area (Å²) in [4.78, 5) is 25.1. The molecule has 0 saturated heterocycles. The highest BCUT2D eigenvalue weighted by molar-refractivity contribution is 9.10. The van der Waals surface area contributed by atoms with E-state index >= 15 is 0 Å². The number of amides is 2. The molecule has 0 aromatic heterocycles. The fourth-order valence-corrected chi connectivity index (χ4v) is 2.05. The summed E-state index contributed by atoms with van der Waals surface area (Å²) in [6, 6.07) is 5.14. The smallest absolute Gasteiger partial charge is 0.261 e. The number of hydrogen-bond donors (Lipinski definition) is 1. The van der Waals surface area contributed by atoms with Crippen molar-refractivity contribution < 1.29 is 9.59 Å². The molecule has 5 heteroatoms. The van der Waals surface area contributed by atoms with Crippen LogP contribution in [0.25, 0.3) is 0 Å². The lowest BCUT2D eigenvalue weighted by molar-refractivity contribution is 0.0656. The molecule has 0 fully saturated rings. The molecular formula is C11H11BrN2O2. The van der Waals surface area contributed by atoms with Crippen molar-refractivity contribution in [2.75, 3.05) is 20.1 Å². The standard InChI is InChI=1S/C11H11BrN2O2/c1-13-4-5-14-10(15)8-3-2-7(12)6-9(8)11(14)16/h2-3,6,13H,4-5H2,1H3. The Morgan fingerprint density at radius 1 is 1.25 bits per heavy atom. The normalized spacial score (nSPS) is 14.5. The molecule has 1 heterocycles. The number of rotatable bonds is 3. The summed E-state index contributed by atoms with van der Waals surface area (Å²) in [5.41, 5.74) is 0.972. The second kappa shape index (κ2) is 4.35. The SMILES string of the molecule is CNCCN1C(=O)c2ccc(Br)cc2C1=O. The number of hydrogen-bond acceptors (Lipinski definition) is 3. The van der Waals surface area contributed by atoms with E-state index in [4.69, 9.17) is 0 Å². The zero-order chi connectivity index (χ0) is 11.7. The summed E-state index contributed by atoms with van der Waals surface area (Å²) in [6.45, 7) is 1.01. The van der Waals surface area contributed by atoms with Gasteiger partial charge in [-0.25, -0.2) is 0 Å². The minimum atomic E-state index is -0.212. The molecule has 0 saturated carbocycles. The van der Waals surface area contributed by atoms with Gasteiger partial charge in [-0.15, -0.1) is 0 Å². The Labute approximate surface area is 102 Å². The number of carbonyl (C=O) groups excluding carboxylic acids is 2. The fourth-order valence-electron chi connectivity index (χ4n) is 1.69. The Morgan fingerprint density at radius 2 is 1.94 bits per heavy atom. The topological polar surface area (TPSA) is 49.4 Å². The summed E-state index contributed by atoms with van der Waals surface area (Å²) in [6.07, 6.45) is 0. The molecule has 4 nitrogen and oxygen atoms in total. The van der Waals surface area contributed by atoms with Crippen LogP contribution in [0.4, 0.5) is 0 Å². The van der Waals surface area contributed by atoms with Crippen LogP contribution in [0.15, 0.2) is 22.7 Å². The predicted octanol–water partition coefficient (Wildman–Crippen LogP) is 1.26. The molecule has 1 aliphatic heterocycles. The van der Waals surface area contributed by atoms with Crippen molar-refractivity contribution in [2.24, 2.45) is 0 Å². The number of nitrogens with zero attached hydrogens (tertiary/aromatic N) is 1. The highest BCUT2D eigenvalue weighted by atomic mass is 79.9. The predicted molar refractivity (Wildman–Crippen MR) is 63.4 cm³/mol. The summed E-state index contributed by atoms with van der Waals surface area (Å²) < 4.78 is 0.808. The molecule has 84 valence electrons. The molecule has 0 spiro atoms. The number of fused-ring (bicyclic) bond motifs is 1. The van der Waals surface area contributed by atoms with Crippen LogP contribution >= 0.6 is 15.9 Å². The van der Waals surface area contributed by atoms with E-state index in [1.807, 2.05) is 0 Å². The van der Waals surface area contributed by atoms with Gasteiger partial charge in [0.1, 0.15) is 0 Å². The largest absolute Gasteiger partial charge is 0.318 e. The van der Waals surface area contributed by atoms with Crippen LogP contribution in [0, 0.1) is 0 Å². The third-order valence-electron chi connectivity index (χ3n) is 2.52. The van der Waals surface area contributed by atoms with Gasteiger partial charge in [-0.05, 0) is 25.2 Å². The van der Waals surface area contributed by atoms with E-state index < -0.39 is 0 Å². The molecule has 1 aliphatic rings. The molecule has 0 atom stereocenters. The first kappa shape index (κ1) is 11.3. The zero-order valence-electron chi connectivity index (χ0n) is 8.79. The van der Waals surface area contributed by atoms with Crippen LogP contribution in [0.2, 0.25) is 0 Å². The summed E-state index contributed by atoms with van der Waals surface area (Å²) in [5, 5.41) is 2.92. The molecule has 16 heavy (non-hydrogen) atoms. The second-order valence-corrected chi connectivity index (χ2v) is 4.47. The maximum atomic E-state index is 11.9. The van der Waals surface area contributed by atoms with Gasteiger partial charge in [0.15, 0.2) is 0 Å². The molecule has 0 bridgehead atoms. The molecule has 1 N–H and O–H groups in total. The van der Waals surface area contributed by atoms with Crippen LogP contribution in [0.5, 0.6) is 0 Å². The van der Waals surface area contributed by atoms with E-state index in [0.717, 1.165) is 4.47 Å². The van der Waals surface area contributed by atoms with Gasteiger partial charge in [-0.3, -0.25) is 14.5 Å². The van der Waals surface area contributed by atoms with Crippen LogP contribution in [0.3, 0.4) is 0 Å². The van der Waals surface area contributed by atoms with Crippen LogP contribution in [-0.2, 0) is 0 Å². The molecule has 2 amide bonds. The number of nitrogens with one attached hydrogen (secondary N) is 1. The maximum Gasteiger partial charge on any atom is 0.261 e. The van der Waals surface area contributed by atoms with Crippen LogP contribution in [0.1, 0.15) is 20.7 Å². The first-order valence-electron chi connectivity index (χ1n) is 4.95. The third kappa shape index (κ3) is 1.76. The van der Waals surface area contributed by atoms with Gasteiger partial charge in [0, 0.05) is 17.6 Å². The summed E-state index contributed by atoms with van der Waals surface area (Å²) in [7, 11) is 1.79. The van der Waals surface area contributed by atoms with E-state index in [1.54, 1.807) is 25.2 Å². The van der Waals surface area contributed by atoms with Crippen molar-refractivity contribution >= 4 is 27.7 Å². The number of carbonyl (C=O) groups is 2. The number of halogens is 1. The quantitative estimate of drug-likeness (QED) is 0.850. The Morgan fingerprint density at radius 3 is 2.62 bits per heavy atom. The van der Waals surface area contributed by atoms with Gasteiger partial charge in [-0.1, -0.05) is 15.9 Å². The van der Waals surface area contributed by atoms with Gasteiger partial charge in [0.05, 0.1) is 11.1 Å². The average Bonchev–Trinajstić information content (AvgIpc) is 2.50. The van der Waals surface area contributed by atoms with Crippen molar-refractivity contribution in [2.45, 2.75) is 0 Å². The number of benzene rings is 1. The molecule has 2 rings (SSSR count). The lowest BCUT2D eigenvalue weighted by atomic mass is 10.1. The summed E-state index contributed by atoms with van der Waals surface area (Å²) in [5.74, 6) is -0.417. The first-order chi connectivity index (χ1) is 7.65. The Kier molecular flexibility index (Phi) is 3.07. The summed E-state index contributed by atoms with van der Waals surface area (Å²) >= 11 is 3.29. The maximum absolute atomic E-state index is 11.9. The van der Waals surface area contributed by atoms with E-state index in [0.29, 0.717) is 24.2 Å². The fraction of sp³-hybridized carbons (Fsp3) is 0.273. The molecular weight excluding hydrogens is 272 g/mol. The number of imide groups is 1. The Bertz CT molecular complexity index is 459. The second-order valence-electron chi connectivity index (χ2n) is 3.56. The third-order valence-corrected chi connectivity index (χ3v) is 3.01. The molecule has 0 aliphatic carbocycles. The molecule has 0 radical (unpaired) electrons. The highest BCUT2D eigenvalue weighted by Crippen LogP contribution is 2.25. The number of likely N-dealkylation sites (N-methyl/N-ethyl adjacent to an activating group) is 1. The lowest BCUT2D eigenvalue weighted by Crippen LogP contribution is -2.35. The van der Waals surface area contributed by atoms with Gasteiger partial charge in [0.2, 0.25) is 0 Å². The first-order valence-corrected chi connectivity index (χ1v) is 5.75. The van der Waals surface area contributed by atoms with Gasteiger partial charge in [0.25, 0.3) is 11.8 Å². The van der Waals surface area contributed by atoms with Crippen LogP contribution < -0.4 is 5.32 Å². The Hall–Kier alpha value is -1.20. The van der Waals surface area contributed by atoms with Crippen molar-refractivity contribution in [1.82, 2.24) is 10.2 Å². The van der Waals surface area contributed by atoms with E-state index in [2.05, 4.69) is 21.2 Å². The van der Waals surface area contributed by atoms with E-state index in [1.165, 1.54) is 4.90 Å². The minimum Gasteiger partial charge on any atom is -0.318 e.